The number of hydrogen-bond acceptors (Lipinski definition) is 6. The maximum absolute atomic E-state index is 12.7. The largest absolute Gasteiger partial charge is 0.484 e. The first kappa shape index (κ1) is 18.5. The molecule has 148 valence electrons. The second kappa shape index (κ2) is 8.04. The Bertz CT molecular complexity index is 956. The van der Waals surface area contributed by atoms with Crippen LogP contribution >= 0.6 is 0 Å². The molecule has 1 fully saturated rings. The zero-order chi connectivity index (χ0) is 19.5. The normalized spacial score (nSPS) is 15.1. The number of rotatable bonds is 6. The van der Waals surface area contributed by atoms with Crippen molar-refractivity contribution in [1.82, 2.24) is 14.8 Å². The highest BCUT2D eigenvalue weighted by Crippen LogP contribution is 2.37. The fourth-order valence-electron chi connectivity index (χ4n) is 4.19. The minimum Gasteiger partial charge on any atom is -0.484 e. The smallest absolute Gasteiger partial charge is 0.340 e. The summed E-state index contributed by atoms with van der Waals surface area (Å²) in [5.74, 6) is 0.771. The van der Waals surface area contributed by atoms with E-state index in [-0.39, 0.29) is 12.6 Å². The number of hydrogen-bond donors (Lipinski definition) is 0. The van der Waals surface area contributed by atoms with Crippen LogP contribution in [-0.4, -0.2) is 27.3 Å². The summed E-state index contributed by atoms with van der Waals surface area (Å²) in [7, 11) is 0. The summed E-state index contributed by atoms with van der Waals surface area (Å²) in [5.41, 5.74) is 2.65. The SMILES string of the molecule is CCOC(=O)c1c(C)n(C2CCCCC2)c2ccc(OCc3nnco3)cc12. The maximum atomic E-state index is 12.7. The zero-order valence-electron chi connectivity index (χ0n) is 16.3. The Morgan fingerprint density at radius 1 is 1.29 bits per heavy atom. The zero-order valence-corrected chi connectivity index (χ0v) is 16.3. The van der Waals surface area contributed by atoms with Crippen LogP contribution in [0.5, 0.6) is 5.75 Å². The highest BCUT2D eigenvalue weighted by molar-refractivity contribution is 6.06. The minimum atomic E-state index is -0.284. The van der Waals surface area contributed by atoms with Gasteiger partial charge in [-0.15, -0.1) is 10.2 Å². The fraction of sp³-hybridized carbons (Fsp3) is 0.476. The molecule has 0 unspecified atom stereocenters. The first-order valence-electron chi connectivity index (χ1n) is 9.88. The molecule has 4 rings (SSSR count). The second-order valence-electron chi connectivity index (χ2n) is 7.14. The van der Waals surface area contributed by atoms with E-state index in [1.54, 1.807) is 0 Å². The molecule has 1 saturated carbocycles. The summed E-state index contributed by atoms with van der Waals surface area (Å²) in [5, 5.41) is 8.34. The van der Waals surface area contributed by atoms with E-state index in [0.29, 0.717) is 29.9 Å². The van der Waals surface area contributed by atoms with E-state index in [1.807, 2.05) is 32.0 Å². The van der Waals surface area contributed by atoms with Gasteiger partial charge in [0.05, 0.1) is 12.2 Å². The van der Waals surface area contributed by atoms with Gasteiger partial charge in [-0.25, -0.2) is 4.79 Å². The van der Waals surface area contributed by atoms with Crippen LogP contribution in [-0.2, 0) is 11.3 Å². The van der Waals surface area contributed by atoms with Crippen molar-refractivity contribution in [3.05, 3.63) is 41.7 Å². The fourth-order valence-corrected chi connectivity index (χ4v) is 4.19. The average Bonchev–Trinajstić information content (AvgIpc) is 3.32. The molecule has 7 heteroatoms. The number of esters is 1. The van der Waals surface area contributed by atoms with E-state index in [4.69, 9.17) is 13.9 Å². The molecule has 1 aliphatic rings. The van der Waals surface area contributed by atoms with E-state index in [0.717, 1.165) is 29.4 Å². The highest BCUT2D eigenvalue weighted by atomic mass is 16.5. The van der Waals surface area contributed by atoms with Crippen LogP contribution in [0, 0.1) is 6.92 Å². The number of carbonyl (C=O) groups is 1. The average molecular weight is 383 g/mol. The quantitative estimate of drug-likeness (QED) is 0.579. The third kappa shape index (κ3) is 3.48. The molecule has 0 spiro atoms. The molecule has 0 radical (unpaired) electrons. The molecule has 0 amide bonds. The lowest BCUT2D eigenvalue weighted by Crippen LogP contribution is -2.15. The summed E-state index contributed by atoms with van der Waals surface area (Å²) >= 11 is 0. The second-order valence-corrected chi connectivity index (χ2v) is 7.14. The van der Waals surface area contributed by atoms with Crippen molar-refractivity contribution < 1.29 is 18.7 Å². The standard InChI is InChI=1S/C21H25N3O4/c1-3-26-21(25)20-14(2)24(15-7-5-4-6-8-15)18-10-9-16(11-17(18)20)27-12-19-23-22-13-28-19/h9-11,13,15H,3-8,12H2,1-2H3. The van der Waals surface area contributed by atoms with Gasteiger partial charge in [0.25, 0.3) is 5.89 Å². The number of benzene rings is 1. The lowest BCUT2D eigenvalue weighted by atomic mass is 9.95. The third-order valence-corrected chi connectivity index (χ3v) is 5.41. The van der Waals surface area contributed by atoms with Gasteiger partial charge in [-0.1, -0.05) is 19.3 Å². The molecule has 1 aromatic carbocycles. The lowest BCUT2D eigenvalue weighted by Gasteiger charge is -2.26. The summed E-state index contributed by atoms with van der Waals surface area (Å²) in [6.07, 6.45) is 7.29. The van der Waals surface area contributed by atoms with Crippen LogP contribution in [0.3, 0.4) is 0 Å². The van der Waals surface area contributed by atoms with Gasteiger partial charge in [0.1, 0.15) is 5.75 Å². The van der Waals surface area contributed by atoms with Crippen molar-refractivity contribution >= 4 is 16.9 Å². The molecule has 2 aromatic heterocycles. The van der Waals surface area contributed by atoms with E-state index in [1.165, 1.54) is 25.7 Å². The van der Waals surface area contributed by atoms with Gasteiger partial charge < -0.3 is 18.5 Å². The van der Waals surface area contributed by atoms with Crippen LogP contribution in [0.4, 0.5) is 0 Å². The molecule has 0 bridgehead atoms. The van der Waals surface area contributed by atoms with Gasteiger partial charge in [-0.3, -0.25) is 0 Å². The van der Waals surface area contributed by atoms with Gasteiger partial charge in [0, 0.05) is 22.6 Å². The third-order valence-electron chi connectivity index (χ3n) is 5.41. The van der Waals surface area contributed by atoms with Gasteiger partial charge >= 0.3 is 5.97 Å². The first-order valence-corrected chi connectivity index (χ1v) is 9.88. The van der Waals surface area contributed by atoms with Crippen molar-refractivity contribution in [2.24, 2.45) is 0 Å². The molecular formula is C21H25N3O4. The van der Waals surface area contributed by atoms with E-state index in [2.05, 4.69) is 14.8 Å². The maximum Gasteiger partial charge on any atom is 0.340 e. The van der Waals surface area contributed by atoms with Crippen molar-refractivity contribution in [3.8, 4) is 5.75 Å². The molecule has 0 aliphatic heterocycles. The minimum absolute atomic E-state index is 0.183. The van der Waals surface area contributed by atoms with Crippen LogP contribution in [0.15, 0.2) is 29.0 Å². The lowest BCUT2D eigenvalue weighted by molar-refractivity contribution is 0.0527. The molecule has 0 saturated heterocycles. The van der Waals surface area contributed by atoms with E-state index < -0.39 is 0 Å². The predicted octanol–water partition coefficient (Wildman–Crippen LogP) is 4.59. The van der Waals surface area contributed by atoms with Crippen LogP contribution in [0.25, 0.3) is 10.9 Å². The number of aromatic nitrogens is 3. The van der Waals surface area contributed by atoms with E-state index >= 15 is 0 Å². The topological polar surface area (TPSA) is 79.4 Å². The van der Waals surface area contributed by atoms with Crippen LogP contribution in [0.2, 0.25) is 0 Å². The molecule has 28 heavy (non-hydrogen) atoms. The Morgan fingerprint density at radius 3 is 2.82 bits per heavy atom. The van der Waals surface area contributed by atoms with Crippen molar-refractivity contribution in [3.63, 3.8) is 0 Å². The van der Waals surface area contributed by atoms with Crippen molar-refractivity contribution in [2.45, 2.75) is 58.6 Å². The van der Waals surface area contributed by atoms with Crippen molar-refractivity contribution in [1.29, 1.82) is 0 Å². The summed E-state index contributed by atoms with van der Waals surface area (Å²) in [6, 6.07) is 6.28. The molecular weight excluding hydrogens is 358 g/mol. The summed E-state index contributed by atoms with van der Waals surface area (Å²) in [6.45, 7) is 4.37. The Balaban J connectivity index is 1.74. The Hall–Kier alpha value is -2.83. The molecule has 2 heterocycles. The Morgan fingerprint density at radius 2 is 2.11 bits per heavy atom. The number of ether oxygens (including phenoxy) is 2. The molecule has 3 aromatic rings. The van der Waals surface area contributed by atoms with Crippen LogP contribution < -0.4 is 4.74 Å². The summed E-state index contributed by atoms with van der Waals surface area (Å²) < 4.78 is 18.6. The van der Waals surface area contributed by atoms with Crippen LogP contribution in [0.1, 0.15) is 67.0 Å². The van der Waals surface area contributed by atoms with Gasteiger partial charge in [0.15, 0.2) is 6.61 Å². The van der Waals surface area contributed by atoms with Gasteiger partial charge in [-0.05, 0) is 44.9 Å². The number of nitrogens with zero attached hydrogens (tertiary/aromatic N) is 3. The monoisotopic (exact) mass is 383 g/mol. The molecule has 7 nitrogen and oxygen atoms in total. The van der Waals surface area contributed by atoms with Gasteiger partial charge in [0.2, 0.25) is 6.39 Å². The number of carbonyl (C=O) groups excluding carboxylic acids is 1. The predicted molar refractivity (Wildman–Crippen MR) is 103 cm³/mol. The molecule has 0 atom stereocenters. The van der Waals surface area contributed by atoms with Crippen molar-refractivity contribution in [2.75, 3.05) is 6.61 Å². The van der Waals surface area contributed by atoms with Gasteiger partial charge in [-0.2, -0.15) is 0 Å². The summed E-state index contributed by atoms with van der Waals surface area (Å²) in [4.78, 5) is 12.7. The Kier molecular flexibility index (Phi) is 5.32. The van der Waals surface area contributed by atoms with E-state index in [9.17, 15) is 4.79 Å². The first-order chi connectivity index (χ1) is 13.7. The number of fused-ring (bicyclic) bond motifs is 1. The Labute approximate surface area is 163 Å². The molecule has 1 aliphatic carbocycles. The highest BCUT2D eigenvalue weighted by Gasteiger charge is 2.26. The molecule has 0 N–H and O–H groups in total.